The van der Waals surface area contributed by atoms with Gasteiger partial charge < -0.3 is 25.0 Å². The Kier molecular flexibility index (Phi) is 12.1. The molecule has 3 fully saturated rings. The molecule has 2 saturated heterocycles. The monoisotopic (exact) mass is 705 g/mol. The van der Waals surface area contributed by atoms with Crippen molar-refractivity contribution in [3.05, 3.63) is 29.8 Å². The maximum atomic E-state index is 14.1. The molecule has 0 radical (unpaired) electrons. The minimum atomic E-state index is -3.29. The highest BCUT2D eigenvalue weighted by Crippen LogP contribution is 2.35. The molecule has 1 aromatic rings. The third-order valence-electron chi connectivity index (χ3n) is 9.48. The molecule has 0 aromatic heterocycles. The quantitative estimate of drug-likeness (QED) is 0.384. The van der Waals surface area contributed by atoms with Gasteiger partial charge in [-0.1, -0.05) is 0 Å². The number of hydrogen-bond donors (Lipinski definition) is 2. The van der Waals surface area contributed by atoms with Crippen LogP contribution in [0.3, 0.4) is 0 Å². The topological polar surface area (TPSA) is 155 Å². The summed E-state index contributed by atoms with van der Waals surface area (Å²) in [4.78, 5) is 56.6. The Balaban J connectivity index is 1.43. The molecule has 1 saturated carbocycles. The van der Waals surface area contributed by atoms with Gasteiger partial charge >= 0.3 is 12.1 Å². The van der Waals surface area contributed by atoms with Gasteiger partial charge in [0.15, 0.2) is 0 Å². The molecular formula is C35H55N5O8S. The Morgan fingerprint density at radius 3 is 1.96 bits per heavy atom. The van der Waals surface area contributed by atoms with E-state index in [2.05, 4.69) is 15.5 Å². The van der Waals surface area contributed by atoms with Gasteiger partial charge in [-0.25, -0.2) is 18.0 Å². The molecule has 274 valence electrons. The molecule has 1 aromatic carbocycles. The van der Waals surface area contributed by atoms with E-state index < -0.39 is 39.3 Å². The van der Waals surface area contributed by atoms with Crippen LogP contribution in [0.15, 0.2) is 24.3 Å². The van der Waals surface area contributed by atoms with Gasteiger partial charge in [-0.05, 0) is 111 Å². The van der Waals surface area contributed by atoms with E-state index in [1.165, 1.54) is 10.6 Å². The second kappa shape index (κ2) is 15.3. The summed E-state index contributed by atoms with van der Waals surface area (Å²) in [5, 5.41) is 5.89. The van der Waals surface area contributed by atoms with E-state index >= 15 is 0 Å². The van der Waals surface area contributed by atoms with E-state index in [0.717, 1.165) is 12.8 Å². The number of carbonyl (C=O) groups is 4. The molecule has 4 rings (SSSR count). The van der Waals surface area contributed by atoms with Crippen LogP contribution in [0.25, 0.3) is 0 Å². The highest BCUT2D eigenvalue weighted by Gasteiger charge is 2.45. The first-order valence-corrected chi connectivity index (χ1v) is 19.2. The third-order valence-corrected chi connectivity index (χ3v) is 10.8. The summed E-state index contributed by atoms with van der Waals surface area (Å²) in [6.45, 7) is 15.0. The number of benzene rings is 1. The number of likely N-dealkylation sites (tertiary alicyclic amines) is 1. The molecule has 3 aliphatic rings. The molecule has 1 aliphatic carbocycles. The van der Waals surface area contributed by atoms with Crippen molar-refractivity contribution in [1.82, 2.24) is 19.4 Å². The minimum absolute atomic E-state index is 0.0519. The first kappa shape index (κ1) is 38.6. The summed E-state index contributed by atoms with van der Waals surface area (Å²) in [5.74, 6) is -0.851. The van der Waals surface area contributed by atoms with Crippen molar-refractivity contribution in [3.63, 3.8) is 0 Å². The van der Waals surface area contributed by atoms with Crippen LogP contribution in [0.5, 0.6) is 0 Å². The lowest BCUT2D eigenvalue weighted by Gasteiger charge is -2.37. The third kappa shape index (κ3) is 10.9. The number of hydrogen-bond acceptors (Lipinski definition) is 9. The average molecular weight is 706 g/mol. The van der Waals surface area contributed by atoms with Gasteiger partial charge in [0, 0.05) is 56.4 Å². The van der Waals surface area contributed by atoms with Crippen molar-refractivity contribution in [2.45, 2.75) is 110 Å². The predicted octanol–water partition coefficient (Wildman–Crippen LogP) is 3.85. The van der Waals surface area contributed by atoms with Gasteiger partial charge in [0.05, 0.1) is 11.8 Å². The van der Waals surface area contributed by atoms with Gasteiger partial charge in [-0.3, -0.25) is 14.5 Å². The Labute approximate surface area is 291 Å². The molecule has 49 heavy (non-hydrogen) atoms. The van der Waals surface area contributed by atoms with Crippen LogP contribution in [0.4, 0.5) is 10.5 Å². The smallest absolute Gasteiger partial charge is 0.407 e. The van der Waals surface area contributed by atoms with Gasteiger partial charge in [0.2, 0.25) is 21.8 Å². The van der Waals surface area contributed by atoms with Crippen LogP contribution in [-0.4, -0.2) is 115 Å². The first-order chi connectivity index (χ1) is 22.7. The van der Waals surface area contributed by atoms with Gasteiger partial charge in [-0.15, -0.1) is 0 Å². The lowest BCUT2D eigenvalue weighted by molar-refractivity contribution is -0.141. The second-order valence-corrected chi connectivity index (χ2v) is 17.7. The summed E-state index contributed by atoms with van der Waals surface area (Å²) >= 11 is 0. The minimum Gasteiger partial charge on any atom is -0.456 e. The molecule has 14 heteroatoms. The number of nitrogens with zero attached hydrogens (tertiary/aromatic N) is 3. The average Bonchev–Trinajstić information content (AvgIpc) is 3.45. The van der Waals surface area contributed by atoms with Gasteiger partial charge in [0.25, 0.3) is 0 Å². The first-order valence-electron chi connectivity index (χ1n) is 17.3. The summed E-state index contributed by atoms with van der Waals surface area (Å²) in [7, 11) is -3.29. The molecule has 0 bridgehead atoms. The van der Waals surface area contributed by atoms with Crippen LogP contribution in [-0.2, 0) is 29.1 Å². The number of sulfonamides is 1. The fraction of sp³-hybridized carbons (Fsp3) is 0.714. The zero-order chi connectivity index (χ0) is 36.3. The summed E-state index contributed by atoms with van der Waals surface area (Å²) in [6.07, 6.45) is 4.02. The zero-order valence-corrected chi connectivity index (χ0v) is 31.1. The van der Waals surface area contributed by atoms with Crippen molar-refractivity contribution < 1.29 is 37.1 Å². The number of alkyl carbamates (subject to hydrolysis) is 1. The maximum Gasteiger partial charge on any atom is 0.407 e. The maximum absolute atomic E-state index is 14.1. The van der Waals surface area contributed by atoms with Crippen molar-refractivity contribution in [2.75, 3.05) is 44.3 Å². The number of esters is 1. The zero-order valence-electron chi connectivity index (χ0n) is 30.3. The van der Waals surface area contributed by atoms with Crippen molar-refractivity contribution in [2.24, 2.45) is 11.8 Å². The van der Waals surface area contributed by atoms with Crippen LogP contribution < -0.4 is 10.6 Å². The fourth-order valence-corrected chi connectivity index (χ4v) is 7.76. The van der Waals surface area contributed by atoms with Crippen LogP contribution in [0.1, 0.15) is 90.9 Å². The van der Waals surface area contributed by atoms with Crippen molar-refractivity contribution >= 4 is 39.6 Å². The lowest BCUT2D eigenvalue weighted by atomic mass is 9.78. The number of piperazine rings is 1. The largest absolute Gasteiger partial charge is 0.456 e. The molecular weight excluding hydrogens is 650 g/mol. The fourth-order valence-electron chi connectivity index (χ4n) is 6.94. The molecule has 13 nitrogen and oxygen atoms in total. The number of ether oxygens (including phenoxy) is 2. The van der Waals surface area contributed by atoms with E-state index in [9.17, 15) is 27.6 Å². The molecule has 3 atom stereocenters. The summed E-state index contributed by atoms with van der Waals surface area (Å²) in [5.41, 5.74) is -0.355. The number of carbonyl (C=O) groups excluding carboxylic acids is 4. The number of nitrogens with one attached hydrogen (secondary N) is 2. The van der Waals surface area contributed by atoms with E-state index in [-0.39, 0.29) is 35.7 Å². The Morgan fingerprint density at radius 2 is 1.43 bits per heavy atom. The van der Waals surface area contributed by atoms with E-state index in [0.29, 0.717) is 63.2 Å². The highest BCUT2D eigenvalue weighted by molar-refractivity contribution is 7.88. The lowest BCUT2D eigenvalue weighted by Crippen LogP contribution is -2.52. The van der Waals surface area contributed by atoms with Crippen LogP contribution in [0.2, 0.25) is 0 Å². The van der Waals surface area contributed by atoms with E-state index in [1.54, 1.807) is 49.9 Å². The van der Waals surface area contributed by atoms with E-state index in [1.807, 2.05) is 27.7 Å². The Hall–Kier alpha value is -3.23. The SMILES string of the molecule is C[C@H](NC(=O)OC(C)(C)C)C1CCC(C(=O)N2C[C@@H](N3CCN(S(C)(=O)=O)CC3)C[C@H]2C(=O)Nc2ccc(C(=O)OC(C)(C)C)cc2)CC1. The number of anilines is 1. The van der Waals surface area contributed by atoms with Gasteiger partial charge in [0.1, 0.15) is 17.2 Å². The molecule has 3 amide bonds. The number of rotatable bonds is 8. The highest BCUT2D eigenvalue weighted by atomic mass is 32.2. The predicted molar refractivity (Wildman–Crippen MR) is 186 cm³/mol. The van der Waals surface area contributed by atoms with Crippen LogP contribution >= 0.6 is 0 Å². The normalized spacial score (nSPS) is 24.9. The number of amides is 3. The van der Waals surface area contributed by atoms with Crippen molar-refractivity contribution in [3.8, 4) is 0 Å². The van der Waals surface area contributed by atoms with Crippen LogP contribution in [0, 0.1) is 11.8 Å². The summed E-state index contributed by atoms with van der Waals surface area (Å²) in [6, 6.07) is 5.59. The molecule has 0 spiro atoms. The second-order valence-electron chi connectivity index (χ2n) is 15.7. The van der Waals surface area contributed by atoms with E-state index in [4.69, 9.17) is 9.47 Å². The summed E-state index contributed by atoms with van der Waals surface area (Å²) < 4.78 is 36.5. The Morgan fingerprint density at radius 1 is 0.857 bits per heavy atom. The molecule has 2 aliphatic heterocycles. The van der Waals surface area contributed by atoms with Crippen molar-refractivity contribution in [1.29, 1.82) is 0 Å². The molecule has 2 N–H and O–H groups in total. The van der Waals surface area contributed by atoms with Gasteiger partial charge in [-0.2, -0.15) is 4.31 Å². The standard InChI is InChI=1S/C35H55N5O8S/c1-23(36-33(44)48-35(5,6)7)24-9-11-25(12-10-24)31(42)40-22-28(38-17-19-39(20-18-38)49(8,45)46)21-29(40)30(41)37-27-15-13-26(14-16-27)32(43)47-34(2,3)4/h13-16,23-25,28-29H,9-12,17-22H2,1-8H3,(H,36,44)(H,37,41)/t23-,24?,25?,28-,29-/m0/s1. The molecule has 0 unspecified atom stereocenters. The molecule has 2 heterocycles. The Bertz CT molecular complexity index is 1450.